The van der Waals surface area contributed by atoms with Crippen LogP contribution in [0.15, 0.2) is 29.8 Å². The molecule has 1 aromatic heterocycles. The van der Waals surface area contributed by atoms with Gasteiger partial charge in [0.15, 0.2) is 0 Å². The Morgan fingerprint density at radius 1 is 0.894 bits per heavy atom. The maximum atomic E-state index is 13.9. The number of amides is 3. The monoisotopic (exact) mass is 665 g/mol. The molecule has 4 rings (SSSR count). The van der Waals surface area contributed by atoms with Gasteiger partial charge in [-0.05, 0) is 88.5 Å². The third-order valence-electron chi connectivity index (χ3n) is 9.86. The SMILES string of the molecule is Cc1ncsc1-c1ccc([C@H](C)NC(=O)[C@@H]2CCCN2C(=O)C(NC(=O)CCCCCCCCCCN2CCCC2)C(C)(C)C)cc1. The highest BCUT2D eigenvalue weighted by Crippen LogP contribution is 2.29. The van der Waals surface area contributed by atoms with Crippen LogP contribution in [0.4, 0.5) is 0 Å². The normalized spacial score (nSPS) is 18.3. The third kappa shape index (κ3) is 11.1. The summed E-state index contributed by atoms with van der Waals surface area (Å²) in [6.45, 7) is 14.3. The summed E-state index contributed by atoms with van der Waals surface area (Å²) in [7, 11) is 0. The van der Waals surface area contributed by atoms with Crippen LogP contribution in [0.1, 0.15) is 128 Å². The molecule has 1 aromatic carbocycles. The molecule has 3 amide bonds. The average Bonchev–Trinajstić information content (AvgIpc) is 3.83. The van der Waals surface area contributed by atoms with Crippen LogP contribution < -0.4 is 10.6 Å². The standard InChI is InChI=1S/C38H59N5O3S/c1-28(30-19-21-31(22-20-30)34-29(2)39-27-47-34)40-36(45)32-17-16-26-43(32)37(46)35(38(3,4)5)41-33(44)18-12-10-8-6-7-9-11-13-23-42-24-14-15-25-42/h19-22,27-28,32,35H,6-18,23-26H2,1-5H3,(H,40,45)(H,41,44)/t28-,32-,35?/m0/s1. The van der Waals surface area contributed by atoms with Gasteiger partial charge in [0.05, 0.1) is 22.1 Å². The molecule has 0 aliphatic carbocycles. The van der Waals surface area contributed by atoms with E-state index in [0.29, 0.717) is 19.4 Å². The summed E-state index contributed by atoms with van der Waals surface area (Å²) < 4.78 is 0. The molecule has 3 heterocycles. The summed E-state index contributed by atoms with van der Waals surface area (Å²) in [6, 6.07) is 6.81. The van der Waals surface area contributed by atoms with E-state index in [2.05, 4.69) is 32.7 Å². The lowest BCUT2D eigenvalue weighted by atomic mass is 9.85. The Morgan fingerprint density at radius 2 is 1.53 bits per heavy atom. The van der Waals surface area contributed by atoms with Crippen molar-refractivity contribution < 1.29 is 14.4 Å². The maximum Gasteiger partial charge on any atom is 0.246 e. The van der Waals surface area contributed by atoms with Crippen LogP contribution in [0.25, 0.3) is 10.4 Å². The molecule has 0 saturated carbocycles. The quantitative estimate of drug-likeness (QED) is 0.172. The number of nitrogens with zero attached hydrogens (tertiary/aromatic N) is 3. The zero-order chi connectivity index (χ0) is 33.8. The van der Waals surface area contributed by atoms with Crippen molar-refractivity contribution in [1.29, 1.82) is 0 Å². The lowest BCUT2D eigenvalue weighted by Crippen LogP contribution is -2.57. The zero-order valence-electron chi connectivity index (χ0n) is 29.6. The van der Waals surface area contributed by atoms with Crippen LogP contribution >= 0.6 is 11.3 Å². The summed E-state index contributed by atoms with van der Waals surface area (Å²) in [5, 5.41) is 6.20. The first-order valence-corrected chi connectivity index (χ1v) is 19.1. The Labute approximate surface area is 287 Å². The molecule has 47 heavy (non-hydrogen) atoms. The van der Waals surface area contributed by atoms with E-state index in [0.717, 1.165) is 47.4 Å². The number of unbranched alkanes of at least 4 members (excludes halogenated alkanes) is 7. The number of rotatable bonds is 17. The number of aromatic nitrogens is 1. The first-order valence-electron chi connectivity index (χ1n) is 18.2. The second-order valence-electron chi connectivity index (χ2n) is 14.8. The maximum absolute atomic E-state index is 13.9. The highest BCUT2D eigenvalue weighted by molar-refractivity contribution is 7.13. The number of hydrogen-bond acceptors (Lipinski definition) is 6. The molecule has 2 N–H and O–H groups in total. The second kappa shape index (κ2) is 18.1. The minimum absolute atomic E-state index is 0.0778. The number of nitrogens with one attached hydrogen (secondary N) is 2. The van der Waals surface area contributed by atoms with Gasteiger partial charge in [-0.15, -0.1) is 11.3 Å². The molecule has 2 fully saturated rings. The smallest absolute Gasteiger partial charge is 0.246 e. The highest BCUT2D eigenvalue weighted by Gasteiger charge is 2.42. The Bertz CT molecular complexity index is 1280. The third-order valence-corrected chi connectivity index (χ3v) is 10.8. The molecule has 2 aromatic rings. The molecular weight excluding hydrogens is 607 g/mol. The molecule has 9 heteroatoms. The fraction of sp³-hybridized carbons (Fsp3) is 0.684. The molecule has 260 valence electrons. The Kier molecular flexibility index (Phi) is 14.3. The van der Waals surface area contributed by atoms with E-state index in [1.54, 1.807) is 16.2 Å². The predicted octanol–water partition coefficient (Wildman–Crippen LogP) is 7.42. The molecule has 2 aliphatic rings. The van der Waals surface area contributed by atoms with Crippen LogP contribution in [-0.2, 0) is 14.4 Å². The van der Waals surface area contributed by atoms with Crippen LogP contribution in [-0.4, -0.2) is 70.8 Å². The molecule has 3 atom stereocenters. The van der Waals surface area contributed by atoms with Gasteiger partial charge in [0.25, 0.3) is 0 Å². The predicted molar refractivity (Wildman–Crippen MR) is 192 cm³/mol. The zero-order valence-corrected chi connectivity index (χ0v) is 30.4. The summed E-state index contributed by atoms with van der Waals surface area (Å²) >= 11 is 1.62. The van der Waals surface area contributed by atoms with E-state index in [1.807, 2.05) is 52.3 Å². The van der Waals surface area contributed by atoms with Gasteiger partial charge in [0, 0.05) is 13.0 Å². The fourth-order valence-electron chi connectivity index (χ4n) is 6.93. The van der Waals surface area contributed by atoms with Crippen LogP contribution in [0.3, 0.4) is 0 Å². The van der Waals surface area contributed by atoms with E-state index in [-0.39, 0.29) is 23.8 Å². The number of aryl methyl sites for hydroxylation is 1. The van der Waals surface area contributed by atoms with Crippen molar-refractivity contribution in [3.05, 3.63) is 41.0 Å². The van der Waals surface area contributed by atoms with Gasteiger partial charge >= 0.3 is 0 Å². The molecular formula is C38H59N5O3S. The lowest BCUT2D eigenvalue weighted by Gasteiger charge is -2.35. The molecule has 1 unspecified atom stereocenters. The van der Waals surface area contributed by atoms with Gasteiger partial charge < -0.3 is 20.4 Å². The molecule has 0 bridgehead atoms. The van der Waals surface area contributed by atoms with E-state index >= 15 is 0 Å². The Hall–Kier alpha value is -2.78. The number of benzene rings is 1. The van der Waals surface area contributed by atoms with Crippen LogP contribution in [0, 0.1) is 12.3 Å². The lowest BCUT2D eigenvalue weighted by molar-refractivity contribution is -0.144. The number of thiazole rings is 1. The minimum atomic E-state index is -0.677. The van der Waals surface area contributed by atoms with Gasteiger partial charge in [-0.1, -0.05) is 83.6 Å². The summed E-state index contributed by atoms with van der Waals surface area (Å²) in [6.07, 6.45) is 14.0. The van der Waals surface area contributed by atoms with Crippen molar-refractivity contribution in [2.45, 2.75) is 136 Å². The summed E-state index contributed by atoms with van der Waals surface area (Å²) in [5.41, 5.74) is 4.51. The number of likely N-dealkylation sites (tertiary alicyclic amines) is 2. The van der Waals surface area contributed by atoms with E-state index in [1.165, 1.54) is 64.6 Å². The van der Waals surface area contributed by atoms with Gasteiger partial charge in [-0.3, -0.25) is 14.4 Å². The van der Waals surface area contributed by atoms with Crippen molar-refractivity contribution in [2.75, 3.05) is 26.2 Å². The highest BCUT2D eigenvalue weighted by atomic mass is 32.1. The van der Waals surface area contributed by atoms with Crippen LogP contribution in [0.2, 0.25) is 0 Å². The van der Waals surface area contributed by atoms with Gasteiger partial charge in [0.2, 0.25) is 17.7 Å². The first kappa shape index (κ1) is 37.0. The van der Waals surface area contributed by atoms with Crippen molar-refractivity contribution >= 4 is 29.1 Å². The molecule has 2 aliphatic heterocycles. The number of hydrogen-bond donors (Lipinski definition) is 2. The summed E-state index contributed by atoms with van der Waals surface area (Å²) in [4.78, 5) is 50.2. The minimum Gasteiger partial charge on any atom is -0.348 e. The van der Waals surface area contributed by atoms with E-state index in [4.69, 9.17) is 0 Å². The number of carbonyl (C=O) groups excluding carboxylic acids is 3. The largest absolute Gasteiger partial charge is 0.348 e. The van der Waals surface area contributed by atoms with Gasteiger partial charge in [-0.25, -0.2) is 4.98 Å². The molecule has 0 spiro atoms. The molecule has 0 radical (unpaired) electrons. The second-order valence-corrected chi connectivity index (χ2v) is 15.7. The Morgan fingerprint density at radius 3 is 2.15 bits per heavy atom. The fourth-order valence-corrected chi connectivity index (χ4v) is 7.75. The molecule has 8 nitrogen and oxygen atoms in total. The van der Waals surface area contributed by atoms with Gasteiger partial charge in [-0.2, -0.15) is 0 Å². The van der Waals surface area contributed by atoms with Gasteiger partial charge in [0.1, 0.15) is 12.1 Å². The van der Waals surface area contributed by atoms with Crippen molar-refractivity contribution in [2.24, 2.45) is 5.41 Å². The number of carbonyl (C=O) groups is 3. The molecule has 2 saturated heterocycles. The topological polar surface area (TPSA) is 94.6 Å². The van der Waals surface area contributed by atoms with Crippen molar-refractivity contribution in [3.63, 3.8) is 0 Å². The Balaban J connectivity index is 1.19. The van der Waals surface area contributed by atoms with E-state index < -0.39 is 17.5 Å². The average molecular weight is 666 g/mol. The first-order chi connectivity index (χ1) is 22.5. The summed E-state index contributed by atoms with van der Waals surface area (Å²) in [5.74, 6) is -0.382. The van der Waals surface area contributed by atoms with Crippen molar-refractivity contribution in [1.82, 2.24) is 25.4 Å². The van der Waals surface area contributed by atoms with Crippen LogP contribution in [0.5, 0.6) is 0 Å². The van der Waals surface area contributed by atoms with E-state index in [9.17, 15) is 14.4 Å². The van der Waals surface area contributed by atoms with Crippen molar-refractivity contribution in [3.8, 4) is 10.4 Å².